The van der Waals surface area contributed by atoms with Gasteiger partial charge in [0.05, 0.1) is 37.5 Å². The summed E-state index contributed by atoms with van der Waals surface area (Å²) in [5.74, 6) is -0.0125. The van der Waals surface area contributed by atoms with E-state index in [1.807, 2.05) is 40.6 Å². The van der Waals surface area contributed by atoms with Gasteiger partial charge in [-0.2, -0.15) is 0 Å². The van der Waals surface area contributed by atoms with Gasteiger partial charge in [0.15, 0.2) is 0 Å². The molecule has 0 atom stereocenters. The van der Waals surface area contributed by atoms with E-state index < -0.39 is 17.5 Å². The van der Waals surface area contributed by atoms with Crippen molar-refractivity contribution in [3.05, 3.63) is 65.3 Å². The fourth-order valence-corrected chi connectivity index (χ4v) is 5.71. The number of carbonyl (C=O) groups is 2. The van der Waals surface area contributed by atoms with E-state index in [-0.39, 0.29) is 32.3 Å². The van der Waals surface area contributed by atoms with Gasteiger partial charge in [-0.05, 0) is 49.9 Å². The van der Waals surface area contributed by atoms with Crippen molar-refractivity contribution in [3.63, 3.8) is 0 Å². The monoisotopic (exact) mass is 636 g/mol. The number of nitrogens with zero attached hydrogens (tertiary/aromatic N) is 3. The van der Waals surface area contributed by atoms with E-state index >= 15 is 0 Å². The summed E-state index contributed by atoms with van der Waals surface area (Å²) in [6.45, 7) is 8.74. The third-order valence-electron chi connectivity index (χ3n) is 6.93. The molecule has 3 heterocycles. The number of morpholine rings is 1. The van der Waals surface area contributed by atoms with Gasteiger partial charge >= 0.3 is 6.09 Å². The molecule has 1 saturated heterocycles. The zero-order valence-corrected chi connectivity index (χ0v) is 26.5. The Morgan fingerprint density at radius 1 is 1.00 bits per heavy atom. The van der Waals surface area contributed by atoms with E-state index in [1.54, 1.807) is 26.8 Å². The number of amides is 2. The molecule has 0 aliphatic carbocycles. The Kier molecular flexibility index (Phi) is 10.6. The number of halogens is 1. The number of rotatable bonds is 11. The van der Waals surface area contributed by atoms with Gasteiger partial charge in [-0.3, -0.25) is 4.79 Å². The smallest absolute Gasteiger partial charge is 0.407 e. The molecule has 10 nitrogen and oxygen atoms in total. The molecule has 1 aliphatic heterocycles. The summed E-state index contributed by atoms with van der Waals surface area (Å²) in [6, 6.07) is 14.1. The largest absolute Gasteiger partial charge is 0.490 e. The summed E-state index contributed by atoms with van der Waals surface area (Å²) >= 11 is 1.52. The van der Waals surface area contributed by atoms with Crippen LogP contribution in [-0.4, -0.2) is 85.4 Å². The quantitative estimate of drug-likeness (QED) is 0.215. The number of hydrogen-bond donors (Lipinski definition) is 1. The first kappa shape index (κ1) is 32.3. The van der Waals surface area contributed by atoms with Gasteiger partial charge in [-0.25, -0.2) is 9.18 Å². The fraction of sp³-hybridized carbons (Fsp3) is 0.394. The lowest BCUT2D eigenvalue weighted by molar-refractivity contribution is -0.134. The average molecular weight is 637 g/mol. The van der Waals surface area contributed by atoms with Gasteiger partial charge in [0.2, 0.25) is 5.91 Å². The Morgan fingerprint density at radius 2 is 1.76 bits per heavy atom. The van der Waals surface area contributed by atoms with Crippen molar-refractivity contribution in [2.45, 2.75) is 32.8 Å². The summed E-state index contributed by atoms with van der Waals surface area (Å²) < 4.78 is 37.2. The lowest BCUT2D eigenvalue weighted by atomic mass is 10.0. The normalized spacial score (nSPS) is 13.6. The standard InChI is InChI=1S/C33H37FN4O6S/c1-33(2,3)44-32(40)35-11-14-41-17-18-43-27-21-24(34)8-9-25(27)30-31-26(10-19-45-31)29(36-37-30)23-6-4-22(5-7-23)20-28(39)38-12-15-42-16-13-38/h4-10,19,21H,11-18,20H2,1-3H3,(H,35,40). The summed E-state index contributed by atoms with van der Waals surface area (Å²) in [5, 5.41) is 14.6. The molecule has 1 aliphatic rings. The predicted octanol–water partition coefficient (Wildman–Crippen LogP) is 5.49. The zero-order valence-electron chi connectivity index (χ0n) is 25.6. The number of nitrogens with one attached hydrogen (secondary N) is 1. The summed E-state index contributed by atoms with van der Waals surface area (Å²) in [4.78, 5) is 26.2. The number of alkyl carbamates (subject to hydrolysis) is 1. The van der Waals surface area contributed by atoms with Crippen LogP contribution in [0.4, 0.5) is 9.18 Å². The highest BCUT2D eigenvalue weighted by Gasteiger charge is 2.20. The van der Waals surface area contributed by atoms with Crippen molar-refractivity contribution in [3.8, 4) is 28.3 Å². The maximum absolute atomic E-state index is 14.3. The topological polar surface area (TPSA) is 112 Å². The van der Waals surface area contributed by atoms with Crippen LogP contribution in [-0.2, 0) is 25.4 Å². The Bertz CT molecular complexity index is 1620. The lowest BCUT2D eigenvalue weighted by Crippen LogP contribution is -2.41. The summed E-state index contributed by atoms with van der Waals surface area (Å²) in [7, 11) is 0. The summed E-state index contributed by atoms with van der Waals surface area (Å²) in [6.07, 6.45) is -0.174. The number of ether oxygens (including phenoxy) is 4. The van der Waals surface area contributed by atoms with E-state index in [4.69, 9.17) is 18.9 Å². The molecule has 2 aromatic carbocycles. The molecule has 1 fully saturated rings. The van der Waals surface area contributed by atoms with Crippen molar-refractivity contribution in [2.24, 2.45) is 0 Å². The first-order chi connectivity index (χ1) is 21.7. The molecule has 238 valence electrons. The Labute approximate surface area is 265 Å². The first-order valence-corrected chi connectivity index (χ1v) is 15.7. The highest BCUT2D eigenvalue weighted by molar-refractivity contribution is 7.17. The number of thiophene rings is 1. The van der Waals surface area contributed by atoms with E-state index in [0.29, 0.717) is 49.7 Å². The average Bonchev–Trinajstić information content (AvgIpc) is 3.51. The minimum absolute atomic E-state index is 0.0921. The predicted molar refractivity (Wildman–Crippen MR) is 170 cm³/mol. The highest BCUT2D eigenvalue weighted by Crippen LogP contribution is 2.39. The van der Waals surface area contributed by atoms with Crippen LogP contribution in [0.1, 0.15) is 26.3 Å². The van der Waals surface area contributed by atoms with Crippen molar-refractivity contribution in [2.75, 3.05) is 52.7 Å². The van der Waals surface area contributed by atoms with E-state index in [0.717, 1.165) is 26.9 Å². The fourth-order valence-electron chi connectivity index (χ4n) is 4.81. The molecule has 0 saturated carbocycles. The van der Waals surface area contributed by atoms with Crippen LogP contribution in [0.5, 0.6) is 5.75 Å². The molecule has 0 unspecified atom stereocenters. The van der Waals surface area contributed by atoms with Gasteiger partial charge in [0, 0.05) is 42.2 Å². The number of fused-ring (bicyclic) bond motifs is 1. The molecule has 0 radical (unpaired) electrons. The second-order valence-electron chi connectivity index (χ2n) is 11.5. The first-order valence-electron chi connectivity index (χ1n) is 14.8. The van der Waals surface area contributed by atoms with Gasteiger partial charge < -0.3 is 29.2 Å². The van der Waals surface area contributed by atoms with E-state index in [2.05, 4.69) is 15.5 Å². The summed E-state index contributed by atoms with van der Waals surface area (Å²) in [5.41, 5.74) is 3.17. The SMILES string of the molecule is CC(C)(C)OC(=O)NCCOCCOc1cc(F)ccc1-c1nnc(-c2ccc(CC(=O)N3CCOCC3)cc2)c2ccsc12. The van der Waals surface area contributed by atoms with Crippen molar-refractivity contribution >= 4 is 33.4 Å². The highest BCUT2D eigenvalue weighted by atomic mass is 32.1. The Balaban J connectivity index is 1.23. The van der Waals surface area contributed by atoms with E-state index in [1.165, 1.54) is 23.5 Å². The number of benzene rings is 2. The van der Waals surface area contributed by atoms with Gasteiger partial charge in [0.25, 0.3) is 0 Å². The van der Waals surface area contributed by atoms with Crippen molar-refractivity contribution in [1.29, 1.82) is 0 Å². The van der Waals surface area contributed by atoms with Crippen LogP contribution in [0.2, 0.25) is 0 Å². The molecule has 2 aromatic heterocycles. The maximum Gasteiger partial charge on any atom is 0.407 e. The molecule has 12 heteroatoms. The van der Waals surface area contributed by atoms with Gasteiger partial charge in [-0.1, -0.05) is 24.3 Å². The van der Waals surface area contributed by atoms with E-state index in [9.17, 15) is 14.0 Å². The third kappa shape index (κ3) is 8.74. The minimum Gasteiger partial charge on any atom is -0.490 e. The van der Waals surface area contributed by atoms with Crippen LogP contribution in [0.25, 0.3) is 32.6 Å². The minimum atomic E-state index is -0.571. The van der Waals surface area contributed by atoms with Gasteiger partial charge in [-0.15, -0.1) is 21.5 Å². The number of aromatic nitrogens is 2. The van der Waals surface area contributed by atoms with Crippen LogP contribution in [0, 0.1) is 5.82 Å². The molecular formula is C33H37FN4O6S. The second kappa shape index (κ2) is 14.8. The van der Waals surface area contributed by atoms with Crippen LogP contribution >= 0.6 is 11.3 Å². The maximum atomic E-state index is 14.3. The molecule has 2 amide bonds. The van der Waals surface area contributed by atoms with Crippen LogP contribution < -0.4 is 10.1 Å². The van der Waals surface area contributed by atoms with Crippen molar-refractivity contribution in [1.82, 2.24) is 20.4 Å². The van der Waals surface area contributed by atoms with Gasteiger partial charge in [0.1, 0.15) is 35.2 Å². The Morgan fingerprint density at radius 3 is 2.51 bits per heavy atom. The molecule has 5 rings (SSSR count). The Hall–Kier alpha value is -4.13. The number of hydrogen-bond acceptors (Lipinski definition) is 9. The number of carbonyl (C=O) groups excluding carboxylic acids is 2. The molecule has 0 spiro atoms. The van der Waals surface area contributed by atoms with Crippen LogP contribution in [0.15, 0.2) is 53.9 Å². The molecule has 0 bridgehead atoms. The third-order valence-corrected chi connectivity index (χ3v) is 7.85. The van der Waals surface area contributed by atoms with Crippen LogP contribution in [0.3, 0.4) is 0 Å². The lowest BCUT2D eigenvalue weighted by Gasteiger charge is -2.26. The molecule has 1 N–H and O–H groups in total. The zero-order chi connectivity index (χ0) is 31.8. The molecule has 4 aromatic rings. The molecular weight excluding hydrogens is 599 g/mol. The second-order valence-corrected chi connectivity index (χ2v) is 12.4. The van der Waals surface area contributed by atoms with Crippen molar-refractivity contribution < 1.29 is 32.9 Å². The molecule has 45 heavy (non-hydrogen) atoms.